The summed E-state index contributed by atoms with van der Waals surface area (Å²) in [5.41, 5.74) is 1.73. The van der Waals surface area contributed by atoms with Crippen molar-refractivity contribution in [2.24, 2.45) is 0 Å². The molecule has 0 unspecified atom stereocenters. The first-order valence-electron chi connectivity index (χ1n) is 11.8. The number of hydrogen-bond donors (Lipinski definition) is 0. The van der Waals surface area contributed by atoms with Crippen LogP contribution in [-0.2, 0) is 21.2 Å². The summed E-state index contributed by atoms with van der Waals surface area (Å²) in [6, 6.07) is 16.6. The predicted molar refractivity (Wildman–Crippen MR) is 131 cm³/mol. The van der Waals surface area contributed by atoms with Crippen molar-refractivity contribution in [3.63, 3.8) is 0 Å². The van der Waals surface area contributed by atoms with Crippen LogP contribution in [0.15, 0.2) is 59.5 Å². The molecule has 2 aromatic carbocycles. The van der Waals surface area contributed by atoms with E-state index in [0.29, 0.717) is 25.3 Å². The molecule has 0 bridgehead atoms. The van der Waals surface area contributed by atoms with Crippen LogP contribution >= 0.6 is 0 Å². The van der Waals surface area contributed by atoms with E-state index in [4.69, 9.17) is 4.74 Å². The van der Waals surface area contributed by atoms with Gasteiger partial charge in [-0.25, -0.2) is 8.42 Å². The number of ether oxygens (including phenoxy) is 1. The van der Waals surface area contributed by atoms with Crippen LogP contribution in [0.25, 0.3) is 0 Å². The van der Waals surface area contributed by atoms with Crippen molar-refractivity contribution in [1.82, 2.24) is 9.21 Å². The summed E-state index contributed by atoms with van der Waals surface area (Å²) in [6.45, 7) is 1.56. The molecule has 2 aromatic rings. The lowest BCUT2D eigenvalue weighted by molar-refractivity contribution is 0.0693. The minimum absolute atomic E-state index is 0.0548. The maximum absolute atomic E-state index is 13.1. The fourth-order valence-corrected chi connectivity index (χ4v) is 5.81. The molecule has 1 amide bonds. The molecule has 1 aliphatic rings. The van der Waals surface area contributed by atoms with Gasteiger partial charge < -0.3 is 9.64 Å². The van der Waals surface area contributed by atoms with Crippen molar-refractivity contribution in [2.45, 2.75) is 55.9 Å². The Kier molecular flexibility index (Phi) is 9.47. The van der Waals surface area contributed by atoms with E-state index < -0.39 is 10.0 Å². The highest BCUT2D eigenvalue weighted by atomic mass is 32.2. The Balaban J connectivity index is 1.66. The highest BCUT2D eigenvalue weighted by molar-refractivity contribution is 7.89. The minimum atomic E-state index is -3.57. The number of nitrogens with zero attached hydrogens (tertiary/aromatic N) is 2. The molecule has 0 radical (unpaired) electrons. The molecule has 0 saturated heterocycles. The Bertz CT molecular complexity index is 971. The van der Waals surface area contributed by atoms with Crippen molar-refractivity contribution < 1.29 is 17.9 Å². The molecule has 7 heteroatoms. The summed E-state index contributed by atoms with van der Waals surface area (Å²) in [7, 11) is -0.282. The third-order valence-electron chi connectivity index (χ3n) is 6.46. The van der Waals surface area contributed by atoms with E-state index in [1.54, 1.807) is 43.3 Å². The van der Waals surface area contributed by atoms with Crippen LogP contribution in [0, 0.1) is 0 Å². The van der Waals surface area contributed by atoms with Gasteiger partial charge in [0.1, 0.15) is 0 Å². The maximum atomic E-state index is 13.1. The highest BCUT2D eigenvalue weighted by Gasteiger charge is 2.29. The molecule has 1 fully saturated rings. The molecule has 0 heterocycles. The van der Waals surface area contributed by atoms with Crippen LogP contribution in [0.3, 0.4) is 0 Å². The smallest absolute Gasteiger partial charge is 0.253 e. The number of rotatable bonds is 11. The van der Waals surface area contributed by atoms with E-state index in [1.165, 1.54) is 16.3 Å². The second-order valence-electron chi connectivity index (χ2n) is 8.71. The molecule has 0 atom stereocenters. The quantitative estimate of drug-likeness (QED) is 0.487. The first-order valence-corrected chi connectivity index (χ1v) is 13.3. The summed E-state index contributed by atoms with van der Waals surface area (Å²) >= 11 is 0. The van der Waals surface area contributed by atoms with Crippen molar-refractivity contribution in [3.05, 3.63) is 65.7 Å². The first-order chi connectivity index (χ1) is 15.9. The number of sulfonamides is 1. The fraction of sp³-hybridized carbons (Fsp3) is 0.500. The molecule has 0 N–H and O–H groups in total. The minimum Gasteiger partial charge on any atom is -0.383 e. The van der Waals surface area contributed by atoms with Crippen LogP contribution in [0.2, 0.25) is 0 Å². The van der Waals surface area contributed by atoms with E-state index in [2.05, 4.69) is 12.1 Å². The van der Waals surface area contributed by atoms with Gasteiger partial charge in [0.15, 0.2) is 0 Å². The lowest BCUT2D eigenvalue weighted by atomic mass is 9.96. The van der Waals surface area contributed by atoms with Crippen LogP contribution in [0.1, 0.15) is 54.4 Å². The summed E-state index contributed by atoms with van der Waals surface area (Å²) in [5, 5.41) is 0. The van der Waals surface area contributed by atoms with E-state index in [0.717, 1.165) is 38.5 Å². The molecule has 180 valence electrons. The largest absolute Gasteiger partial charge is 0.383 e. The van der Waals surface area contributed by atoms with Gasteiger partial charge >= 0.3 is 0 Å². The number of aryl methyl sites for hydroxylation is 1. The van der Waals surface area contributed by atoms with Crippen LogP contribution in [0.5, 0.6) is 0 Å². The first kappa shape index (κ1) is 25.4. The van der Waals surface area contributed by atoms with E-state index in [9.17, 15) is 13.2 Å². The second kappa shape index (κ2) is 12.3. The van der Waals surface area contributed by atoms with Gasteiger partial charge in [-0.3, -0.25) is 4.79 Å². The third-order valence-corrected chi connectivity index (χ3v) is 8.38. The molecular formula is C26H36N2O4S. The molecule has 33 heavy (non-hydrogen) atoms. The van der Waals surface area contributed by atoms with Gasteiger partial charge in [0.2, 0.25) is 10.0 Å². The maximum Gasteiger partial charge on any atom is 0.253 e. The second-order valence-corrected chi connectivity index (χ2v) is 10.7. The normalized spacial score (nSPS) is 15.0. The van der Waals surface area contributed by atoms with Crippen LogP contribution in [0.4, 0.5) is 0 Å². The Hall–Kier alpha value is -2.22. The zero-order chi connectivity index (χ0) is 23.7. The Morgan fingerprint density at radius 3 is 2.27 bits per heavy atom. The summed E-state index contributed by atoms with van der Waals surface area (Å²) in [5.74, 6) is -0.107. The Labute approximate surface area is 198 Å². The van der Waals surface area contributed by atoms with Crippen molar-refractivity contribution in [1.29, 1.82) is 0 Å². The summed E-state index contributed by atoms with van der Waals surface area (Å²) < 4.78 is 32.9. The molecular weight excluding hydrogens is 436 g/mol. The lowest BCUT2D eigenvalue weighted by Crippen LogP contribution is -2.38. The van der Waals surface area contributed by atoms with E-state index >= 15 is 0 Å². The lowest BCUT2D eigenvalue weighted by Gasteiger charge is -2.30. The van der Waals surface area contributed by atoms with Crippen LogP contribution in [-0.4, -0.2) is 63.4 Å². The molecule has 1 saturated carbocycles. The summed E-state index contributed by atoms with van der Waals surface area (Å²) in [4.78, 5) is 15.2. The third kappa shape index (κ3) is 6.88. The standard InChI is InChI=1S/C26H36N2O4S/c1-27(24-13-7-4-8-14-24)33(30,31)25-17-15-23(16-18-25)26(29)28(20-21-32-2)19-9-12-22-10-5-3-6-11-22/h3,5-6,10-11,15-18,24H,4,7-9,12-14,19-21H2,1-2H3. The van der Waals surface area contributed by atoms with E-state index in [-0.39, 0.29) is 16.8 Å². The number of hydrogen-bond acceptors (Lipinski definition) is 4. The van der Waals surface area contributed by atoms with Gasteiger partial charge in [0.25, 0.3) is 5.91 Å². The van der Waals surface area contributed by atoms with Gasteiger partial charge in [-0.05, 0) is 55.5 Å². The number of amides is 1. The number of carbonyl (C=O) groups is 1. The number of methoxy groups -OCH3 is 1. The molecule has 1 aliphatic carbocycles. The van der Waals surface area contributed by atoms with Crippen molar-refractivity contribution >= 4 is 15.9 Å². The SMILES string of the molecule is COCCN(CCCc1ccccc1)C(=O)c1ccc(S(=O)(=O)N(C)C2CCCCC2)cc1. The number of carbonyl (C=O) groups excluding carboxylic acids is 1. The van der Waals surface area contributed by atoms with Gasteiger partial charge in [0.05, 0.1) is 11.5 Å². The average molecular weight is 473 g/mol. The van der Waals surface area contributed by atoms with Gasteiger partial charge in [-0.15, -0.1) is 0 Å². The predicted octanol–water partition coefficient (Wildman–Crippen LogP) is 4.36. The van der Waals surface area contributed by atoms with Crippen molar-refractivity contribution in [2.75, 3.05) is 33.9 Å². The van der Waals surface area contributed by atoms with Crippen molar-refractivity contribution in [3.8, 4) is 0 Å². The molecule has 0 spiro atoms. The Morgan fingerprint density at radius 1 is 0.970 bits per heavy atom. The van der Waals surface area contributed by atoms with Crippen LogP contribution < -0.4 is 0 Å². The zero-order valence-electron chi connectivity index (χ0n) is 19.8. The van der Waals surface area contributed by atoms with Gasteiger partial charge in [-0.1, -0.05) is 49.6 Å². The average Bonchev–Trinajstić information content (AvgIpc) is 2.86. The zero-order valence-corrected chi connectivity index (χ0v) is 20.6. The van der Waals surface area contributed by atoms with Gasteiger partial charge in [-0.2, -0.15) is 4.31 Å². The molecule has 6 nitrogen and oxygen atoms in total. The topological polar surface area (TPSA) is 66.9 Å². The Morgan fingerprint density at radius 2 is 1.64 bits per heavy atom. The molecule has 0 aromatic heterocycles. The molecule has 3 rings (SSSR count). The van der Waals surface area contributed by atoms with E-state index in [1.807, 2.05) is 18.2 Å². The highest BCUT2D eigenvalue weighted by Crippen LogP contribution is 2.26. The van der Waals surface area contributed by atoms with Gasteiger partial charge in [0, 0.05) is 38.9 Å². The fourth-order valence-electron chi connectivity index (χ4n) is 4.39. The number of benzene rings is 2. The summed E-state index contributed by atoms with van der Waals surface area (Å²) in [6.07, 6.45) is 6.86. The molecule has 0 aliphatic heterocycles. The monoisotopic (exact) mass is 472 g/mol.